The number of anilines is 1. The summed E-state index contributed by atoms with van der Waals surface area (Å²) in [6, 6.07) is 4.09. The van der Waals surface area contributed by atoms with Crippen molar-refractivity contribution in [2.24, 2.45) is 0 Å². The van der Waals surface area contributed by atoms with Crippen molar-refractivity contribution in [1.29, 1.82) is 0 Å². The van der Waals surface area contributed by atoms with Gasteiger partial charge in [-0.3, -0.25) is 0 Å². The van der Waals surface area contributed by atoms with Crippen molar-refractivity contribution in [3.63, 3.8) is 0 Å². The summed E-state index contributed by atoms with van der Waals surface area (Å²) in [5, 5.41) is 13.8. The van der Waals surface area contributed by atoms with Crippen LogP contribution in [0.4, 0.5) is 5.82 Å². The van der Waals surface area contributed by atoms with Gasteiger partial charge < -0.3 is 10.2 Å². The van der Waals surface area contributed by atoms with E-state index in [0.717, 1.165) is 18.9 Å². The molecular formula is C11H18N6O. The van der Waals surface area contributed by atoms with Crippen LogP contribution in [0.1, 0.15) is 13.8 Å². The number of rotatable bonds is 5. The molecule has 0 amide bonds. The minimum atomic E-state index is -0.319. The molecule has 98 valence electrons. The van der Waals surface area contributed by atoms with E-state index in [4.69, 9.17) is 0 Å². The Bertz CT molecular complexity index is 572. The average molecular weight is 250 g/mol. The highest BCUT2D eigenvalue weighted by molar-refractivity contribution is 5.44. The van der Waals surface area contributed by atoms with Gasteiger partial charge in [0.15, 0.2) is 5.65 Å². The predicted molar refractivity (Wildman–Crippen MR) is 70.0 cm³/mol. The maximum absolute atomic E-state index is 11.4. The van der Waals surface area contributed by atoms with Gasteiger partial charge in [-0.15, -0.1) is 5.10 Å². The van der Waals surface area contributed by atoms with Gasteiger partial charge in [-0.05, 0) is 12.1 Å². The smallest absolute Gasteiger partial charge is 0.357 e. The van der Waals surface area contributed by atoms with Gasteiger partial charge >= 0.3 is 5.69 Å². The van der Waals surface area contributed by atoms with E-state index in [9.17, 15) is 4.79 Å². The van der Waals surface area contributed by atoms with Crippen LogP contribution < -0.4 is 15.9 Å². The molecule has 0 aliphatic heterocycles. The van der Waals surface area contributed by atoms with Crippen molar-refractivity contribution in [3.8, 4) is 0 Å². The van der Waals surface area contributed by atoms with Crippen molar-refractivity contribution in [2.75, 3.05) is 25.0 Å². The third-order valence-corrected chi connectivity index (χ3v) is 2.65. The Morgan fingerprint density at radius 3 is 3.00 bits per heavy atom. The monoisotopic (exact) mass is 250 g/mol. The van der Waals surface area contributed by atoms with Crippen molar-refractivity contribution in [3.05, 3.63) is 22.6 Å². The zero-order valence-electron chi connectivity index (χ0n) is 10.8. The fourth-order valence-corrected chi connectivity index (χ4v) is 1.63. The van der Waals surface area contributed by atoms with Crippen LogP contribution in [-0.4, -0.2) is 46.0 Å². The van der Waals surface area contributed by atoms with E-state index in [-0.39, 0.29) is 5.69 Å². The zero-order valence-corrected chi connectivity index (χ0v) is 10.8. The lowest BCUT2D eigenvalue weighted by Gasteiger charge is -2.18. The Balaban J connectivity index is 2.10. The van der Waals surface area contributed by atoms with Crippen molar-refractivity contribution < 1.29 is 0 Å². The minimum absolute atomic E-state index is 0.319. The molecule has 0 fully saturated rings. The van der Waals surface area contributed by atoms with Crippen LogP contribution in [0.2, 0.25) is 0 Å². The number of nitrogens with zero attached hydrogens (tertiary/aromatic N) is 4. The third-order valence-electron chi connectivity index (χ3n) is 2.65. The molecule has 0 saturated carbocycles. The number of fused-ring (bicyclic) bond motifs is 1. The highest BCUT2D eigenvalue weighted by Gasteiger charge is 2.06. The highest BCUT2D eigenvalue weighted by Crippen LogP contribution is 2.07. The lowest BCUT2D eigenvalue weighted by molar-refractivity contribution is 0.587. The SMILES string of the molecule is CC(C)NCCN(C)c1ccc2n[nH]c(=O)n2n1. The van der Waals surface area contributed by atoms with Gasteiger partial charge in [0.05, 0.1) is 0 Å². The Morgan fingerprint density at radius 1 is 1.50 bits per heavy atom. The van der Waals surface area contributed by atoms with Gasteiger partial charge in [-0.1, -0.05) is 13.8 Å². The molecule has 0 aliphatic rings. The summed E-state index contributed by atoms with van der Waals surface area (Å²) in [5.41, 5.74) is 0.206. The molecule has 0 bridgehead atoms. The molecule has 0 spiro atoms. The first-order chi connectivity index (χ1) is 8.58. The van der Waals surface area contributed by atoms with Crippen LogP contribution >= 0.6 is 0 Å². The second kappa shape index (κ2) is 5.18. The molecule has 2 rings (SSSR count). The van der Waals surface area contributed by atoms with E-state index in [1.54, 1.807) is 6.07 Å². The predicted octanol–water partition coefficient (Wildman–Crippen LogP) is -0.148. The second-order valence-corrected chi connectivity index (χ2v) is 4.52. The van der Waals surface area contributed by atoms with Crippen LogP contribution in [0.5, 0.6) is 0 Å². The first-order valence-corrected chi connectivity index (χ1v) is 5.97. The highest BCUT2D eigenvalue weighted by atomic mass is 16.2. The van der Waals surface area contributed by atoms with Crippen molar-refractivity contribution in [1.82, 2.24) is 25.1 Å². The lowest BCUT2D eigenvalue weighted by atomic mass is 10.4. The average Bonchev–Trinajstić information content (AvgIpc) is 2.70. The number of nitrogens with one attached hydrogen (secondary N) is 2. The van der Waals surface area contributed by atoms with Crippen molar-refractivity contribution >= 4 is 11.5 Å². The summed E-state index contributed by atoms with van der Waals surface area (Å²) in [6.45, 7) is 5.90. The molecule has 0 aliphatic carbocycles. The van der Waals surface area contributed by atoms with Crippen LogP contribution in [0, 0.1) is 0 Å². The van der Waals surface area contributed by atoms with E-state index in [1.807, 2.05) is 18.0 Å². The molecule has 0 atom stereocenters. The third kappa shape index (κ3) is 2.67. The van der Waals surface area contributed by atoms with Crippen molar-refractivity contribution in [2.45, 2.75) is 19.9 Å². The molecule has 2 N–H and O–H groups in total. The molecule has 0 aromatic carbocycles. The molecular weight excluding hydrogens is 232 g/mol. The Morgan fingerprint density at radius 2 is 2.28 bits per heavy atom. The molecule has 7 heteroatoms. The second-order valence-electron chi connectivity index (χ2n) is 4.52. The molecule has 2 aromatic heterocycles. The zero-order chi connectivity index (χ0) is 13.1. The van der Waals surface area contributed by atoms with Gasteiger partial charge in [0, 0.05) is 26.2 Å². The molecule has 0 saturated heterocycles. The topological polar surface area (TPSA) is 78.3 Å². The number of hydrogen-bond acceptors (Lipinski definition) is 5. The minimum Gasteiger partial charge on any atom is -0.357 e. The van der Waals surface area contributed by atoms with E-state index in [1.165, 1.54) is 4.52 Å². The molecule has 18 heavy (non-hydrogen) atoms. The molecule has 2 aromatic rings. The van der Waals surface area contributed by atoms with E-state index in [2.05, 4.69) is 34.5 Å². The fourth-order valence-electron chi connectivity index (χ4n) is 1.63. The van der Waals surface area contributed by atoms with Gasteiger partial charge in [0.1, 0.15) is 5.82 Å². The van der Waals surface area contributed by atoms with Crippen LogP contribution in [0.3, 0.4) is 0 Å². The lowest BCUT2D eigenvalue weighted by Crippen LogP contribution is -2.33. The number of likely N-dealkylation sites (N-methyl/N-ethyl adjacent to an activating group) is 1. The fraction of sp³-hybridized carbons (Fsp3) is 0.545. The number of H-pyrrole nitrogens is 1. The summed E-state index contributed by atoms with van der Waals surface area (Å²) >= 11 is 0. The van der Waals surface area contributed by atoms with Gasteiger partial charge in [0.2, 0.25) is 0 Å². The van der Waals surface area contributed by atoms with E-state index < -0.39 is 0 Å². The van der Waals surface area contributed by atoms with E-state index >= 15 is 0 Å². The van der Waals surface area contributed by atoms with Gasteiger partial charge in [-0.2, -0.15) is 9.61 Å². The molecule has 2 heterocycles. The van der Waals surface area contributed by atoms with Gasteiger partial charge in [0.25, 0.3) is 0 Å². The maximum Gasteiger partial charge on any atom is 0.364 e. The van der Waals surface area contributed by atoms with E-state index in [0.29, 0.717) is 11.7 Å². The summed E-state index contributed by atoms with van der Waals surface area (Å²) in [4.78, 5) is 13.4. The quantitative estimate of drug-likeness (QED) is 0.771. The van der Waals surface area contributed by atoms with Crippen LogP contribution in [0.25, 0.3) is 5.65 Å². The number of aromatic amines is 1. The summed E-state index contributed by atoms with van der Waals surface area (Å²) in [5.74, 6) is 0.747. The van der Waals surface area contributed by atoms with Gasteiger partial charge in [-0.25, -0.2) is 9.89 Å². The first-order valence-electron chi connectivity index (χ1n) is 5.97. The Hall–Kier alpha value is -1.89. The van der Waals surface area contributed by atoms with Crippen LogP contribution in [-0.2, 0) is 0 Å². The normalized spacial score (nSPS) is 11.3. The first kappa shape index (κ1) is 12.6. The molecule has 0 radical (unpaired) electrons. The summed E-state index contributed by atoms with van der Waals surface area (Å²) < 4.78 is 1.27. The summed E-state index contributed by atoms with van der Waals surface area (Å²) in [6.07, 6.45) is 0. The maximum atomic E-state index is 11.4. The standard InChI is InChI=1S/C11H18N6O/c1-8(2)12-6-7-16(3)10-5-4-9-13-14-11(18)17(9)15-10/h4-5,8,12H,6-7H2,1-3H3,(H,14,18). The Kier molecular flexibility index (Phi) is 3.61. The number of hydrogen-bond donors (Lipinski definition) is 2. The molecule has 0 unspecified atom stereocenters. The Labute approximate surface area is 105 Å². The number of aromatic nitrogens is 4. The largest absolute Gasteiger partial charge is 0.364 e. The van der Waals surface area contributed by atoms with Crippen LogP contribution in [0.15, 0.2) is 16.9 Å². The molecule has 7 nitrogen and oxygen atoms in total. The summed E-state index contributed by atoms with van der Waals surface area (Å²) in [7, 11) is 1.95.